The topological polar surface area (TPSA) is 68.3 Å². The van der Waals surface area contributed by atoms with E-state index in [1.807, 2.05) is 0 Å². The Hall–Kier alpha value is -2.54. The van der Waals surface area contributed by atoms with Crippen molar-refractivity contribution in [3.05, 3.63) is 60.2 Å². The Kier molecular flexibility index (Phi) is 3.96. The molecule has 1 aromatic heterocycles. The van der Waals surface area contributed by atoms with Gasteiger partial charge in [0.15, 0.2) is 0 Å². The predicted molar refractivity (Wildman–Crippen MR) is 85.3 cm³/mol. The molecule has 0 radical (unpaired) electrons. The van der Waals surface area contributed by atoms with Gasteiger partial charge in [-0.1, -0.05) is 17.3 Å². The molecule has 1 atom stereocenters. The van der Waals surface area contributed by atoms with Crippen LogP contribution >= 0.6 is 0 Å². The summed E-state index contributed by atoms with van der Waals surface area (Å²) in [5.41, 5.74) is 1.25. The molecule has 3 aromatic rings. The average molecular weight is 331 g/mol. The van der Waals surface area contributed by atoms with E-state index in [9.17, 15) is 8.60 Å². The maximum absolute atomic E-state index is 13.8. The van der Waals surface area contributed by atoms with Crippen LogP contribution in [-0.2, 0) is 9.73 Å². The molecule has 0 bridgehead atoms. The molecule has 23 heavy (non-hydrogen) atoms. The fourth-order valence-electron chi connectivity index (χ4n) is 2.09. The lowest BCUT2D eigenvalue weighted by Gasteiger charge is -2.06. The van der Waals surface area contributed by atoms with Crippen LogP contribution in [0.2, 0.25) is 0 Å². The molecule has 0 N–H and O–H groups in total. The summed E-state index contributed by atoms with van der Waals surface area (Å²) >= 11 is 0. The number of benzene rings is 2. The van der Waals surface area contributed by atoms with Gasteiger partial charge in [-0.25, -0.2) is 8.60 Å². The first-order valence-corrected chi connectivity index (χ1v) is 8.75. The van der Waals surface area contributed by atoms with Crippen LogP contribution in [0, 0.1) is 12.7 Å². The number of aryl methyl sites for hydroxylation is 1. The monoisotopic (exact) mass is 331 g/mol. The molecule has 0 saturated heterocycles. The minimum absolute atomic E-state index is 0.0952. The van der Waals surface area contributed by atoms with Crippen LogP contribution in [0.25, 0.3) is 11.4 Å². The number of aromatic nitrogens is 2. The van der Waals surface area contributed by atoms with E-state index in [1.54, 1.807) is 43.3 Å². The van der Waals surface area contributed by atoms with Crippen LogP contribution in [0.5, 0.6) is 0 Å². The van der Waals surface area contributed by atoms with Crippen molar-refractivity contribution in [2.24, 2.45) is 4.36 Å². The molecule has 5 nitrogen and oxygen atoms in total. The summed E-state index contributed by atoms with van der Waals surface area (Å²) < 4.78 is 35.6. The first-order valence-electron chi connectivity index (χ1n) is 6.83. The first-order chi connectivity index (χ1) is 11.0. The lowest BCUT2D eigenvalue weighted by molar-refractivity contribution is 0.394. The number of hydrogen-bond acceptors (Lipinski definition) is 5. The standard InChI is InChI=1S/C16H14FN3O2S/c1-11-18-16(19-22-11)12-7-9-13(10-8-12)20-23(2,21)15-6-4-3-5-14(15)17/h3-10H,1-2H3. The van der Waals surface area contributed by atoms with E-state index < -0.39 is 15.5 Å². The fourth-order valence-corrected chi connectivity index (χ4v) is 3.47. The summed E-state index contributed by atoms with van der Waals surface area (Å²) in [6, 6.07) is 12.8. The third-order valence-electron chi connectivity index (χ3n) is 3.18. The maximum Gasteiger partial charge on any atom is 0.223 e. The molecule has 1 unspecified atom stereocenters. The second kappa shape index (κ2) is 5.92. The Labute approximate surface area is 133 Å². The van der Waals surface area contributed by atoms with Gasteiger partial charge in [0.05, 0.1) is 20.3 Å². The van der Waals surface area contributed by atoms with Crippen molar-refractivity contribution in [2.75, 3.05) is 6.26 Å². The molecule has 0 aliphatic rings. The summed E-state index contributed by atoms with van der Waals surface area (Å²) in [6.07, 6.45) is 1.42. The SMILES string of the molecule is Cc1nc(-c2ccc(N=S(C)(=O)c3ccccc3F)cc2)no1. The van der Waals surface area contributed by atoms with Gasteiger partial charge in [0.2, 0.25) is 11.7 Å². The average Bonchev–Trinajstić information content (AvgIpc) is 2.94. The van der Waals surface area contributed by atoms with Gasteiger partial charge >= 0.3 is 0 Å². The first kappa shape index (κ1) is 15.4. The quantitative estimate of drug-likeness (QED) is 0.728. The van der Waals surface area contributed by atoms with E-state index >= 15 is 0 Å². The number of halogens is 1. The lowest BCUT2D eigenvalue weighted by Crippen LogP contribution is -2.00. The maximum atomic E-state index is 13.8. The number of hydrogen-bond donors (Lipinski definition) is 0. The molecule has 0 saturated carbocycles. The van der Waals surface area contributed by atoms with E-state index in [-0.39, 0.29) is 4.90 Å². The normalized spacial score (nSPS) is 13.5. The molecular formula is C16H14FN3O2S. The molecule has 0 fully saturated rings. The van der Waals surface area contributed by atoms with Gasteiger partial charge in [0.25, 0.3) is 0 Å². The van der Waals surface area contributed by atoms with E-state index in [0.29, 0.717) is 17.4 Å². The predicted octanol–water partition coefficient (Wildman–Crippen LogP) is 3.97. The highest BCUT2D eigenvalue weighted by atomic mass is 32.2. The largest absolute Gasteiger partial charge is 0.339 e. The van der Waals surface area contributed by atoms with Crippen molar-refractivity contribution < 1.29 is 13.1 Å². The third kappa shape index (κ3) is 3.29. The van der Waals surface area contributed by atoms with Gasteiger partial charge in [-0.05, 0) is 36.4 Å². The fraction of sp³-hybridized carbons (Fsp3) is 0.125. The van der Waals surface area contributed by atoms with Crippen molar-refractivity contribution >= 4 is 15.4 Å². The summed E-state index contributed by atoms with van der Waals surface area (Å²) in [7, 11) is -2.87. The Balaban J connectivity index is 1.96. The molecule has 0 aliphatic heterocycles. The van der Waals surface area contributed by atoms with E-state index in [1.165, 1.54) is 18.4 Å². The number of nitrogens with zero attached hydrogens (tertiary/aromatic N) is 3. The highest BCUT2D eigenvalue weighted by Crippen LogP contribution is 2.24. The highest BCUT2D eigenvalue weighted by Gasteiger charge is 2.12. The van der Waals surface area contributed by atoms with Crippen molar-refractivity contribution in [1.82, 2.24) is 10.1 Å². The minimum atomic E-state index is -2.87. The van der Waals surface area contributed by atoms with Gasteiger partial charge < -0.3 is 4.52 Å². The van der Waals surface area contributed by atoms with Crippen molar-refractivity contribution in [3.8, 4) is 11.4 Å². The Morgan fingerprint density at radius 1 is 1.13 bits per heavy atom. The molecule has 0 spiro atoms. The Morgan fingerprint density at radius 2 is 1.83 bits per heavy atom. The molecular weight excluding hydrogens is 317 g/mol. The highest BCUT2D eigenvalue weighted by molar-refractivity contribution is 7.93. The minimum Gasteiger partial charge on any atom is -0.339 e. The van der Waals surface area contributed by atoms with Gasteiger partial charge in [-0.3, -0.25) is 0 Å². The van der Waals surface area contributed by atoms with E-state index in [2.05, 4.69) is 14.5 Å². The molecule has 7 heteroatoms. The molecule has 1 heterocycles. The van der Waals surface area contributed by atoms with Crippen molar-refractivity contribution in [3.63, 3.8) is 0 Å². The molecule has 0 aliphatic carbocycles. The smallest absolute Gasteiger partial charge is 0.223 e. The molecule has 118 valence electrons. The zero-order valence-corrected chi connectivity index (χ0v) is 13.4. The third-order valence-corrected chi connectivity index (χ3v) is 4.88. The zero-order chi connectivity index (χ0) is 16.4. The van der Waals surface area contributed by atoms with Crippen LogP contribution in [0.1, 0.15) is 5.89 Å². The second-order valence-corrected chi connectivity index (χ2v) is 7.24. The van der Waals surface area contributed by atoms with Crippen molar-refractivity contribution in [1.29, 1.82) is 0 Å². The summed E-state index contributed by atoms with van der Waals surface area (Å²) in [4.78, 5) is 4.23. The van der Waals surface area contributed by atoms with Gasteiger partial charge in [-0.2, -0.15) is 9.35 Å². The molecule has 2 aromatic carbocycles. The number of rotatable bonds is 3. The van der Waals surface area contributed by atoms with Crippen molar-refractivity contribution in [2.45, 2.75) is 11.8 Å². The van der Waals surface area contributed by atoms with E-state index in [0.717, 1.165) is 5.56 Å². The summed E-state index contributed by atoms with van der Waals surface area (Å²) in [5.74, 6) is 0.424. The van der Waals surface area contributed by atoms with Gasteiger partial charge in [-0.15, -0.1) is 0 Å². The molecule has 3 rings (SSSR count). The van der Waals surface area contributed by atoms with Crippen LogP contribution in [0.4, 0.5) is 10.1 Å². The van der Waals surface area contributed by atoms with Gasteiger partial charge in [0, 0.05) is 18.7 Å². The van der Waals surface area contributed by atoms with Crippen LogP contribution in [-0.4, -0.2) is 20.6 Å². The Bertz CT molecular complexity index is 957. The van der Waals surface area contributed by atoms with Crippen LogP contribution in [0.3, 0.4) is 0 Å². The summed E-state index contributed by atoms with van der Waals surface area (Å²) in [5, 5.41) is 3.83. The molecule has 0 amide bonds. The Morgan fingerprint density at radius 3 is 2.43 bits per heavy atom. The second-order valence-electron chi connectivity index (χ2n) is 5.01. The van der Waals surface area contributed by atoms with E-state index in [4.69, 9.17) is 4.52 Å². The van der Waals surface area contributed by atoms with Crippen LogP contribution in [0.15, 0.2) is 62.3 Å². The lowest BCUT2D eigenvalue weighted by atomic mass is 10.2. The summed E-state index contributed by atoms with van der Waals surface area (Å²) in [6.45, 7) is 1.71. The zero-order valence-electron chi connectivity index (χ0n) is 12.6. The van der Waals surface area contributed by atoms with Crippen LogP contribution < -0.4 is 0 Å². The van der Waals surface area contributed by atoms with Gasteiger partial charge in [0.1, 0.15) is 5.82 Å².